The number of methoxy groups -OCH3 is 1. The Morgan fingerprint density at radius 3 is 2.61 bits per heavy atom. The molecule has 2 N–H and O–H groups in total. The number of esters is 1. The van der Waals surface area contributed by atoms with Crippen LogP contribution in [0.25, 0.3) is 6.08 Å². The molecular weight excluding hydrogens is 292 g/mol. The average molecular weight is 310 g/mol. The highest BCUT2D eigenvalue weighted by Gasteiger charge is 2.12. The second-order valence-corrected chi connectivity index (χ2v) is 4.88. The zero-order chi connectivity index (χ0) is 16.7. The smallest absolute Gasteiger partial charge is 0.339 e. The fraction of sp³-hybridized carbons (Fsp3) is 0.111. The molecule has 0 heterocycles. The lowest BCUT2D eigenvalue weighted by Gasteiger charge is -2.09. The summed E-state index contributed by atoms with van der Waals surface area (Å²) in [5, 5.41) is 5.22. The second kappa shape index (κ2) is 7.79. The van der Waals surface area contributed by atoms with Gasteiger partial charge in [-0.1, -0.05) is 42.0 Å². The van der Waals surface area contributed by atoms with E-state index in [1.165, 1.54) is 7.11 Å². The van der Waals surface area contributed by atoms with E-state index < -0.39 is 12.0 Å². The third-order valence-electron chi connectivity index (χ3n) is 3.11. The van der Waals surface area contributed by atoms with Crippen molar-refractivity contribution in [3.05, 3.63) is 71.4 Å². The van der Waals surface area contributed by atoms with Crippen LogP contribution in [0.4, 0.5) is 10.5 Å². The summed E-state index contributed by atoms with van der Waals surface area (Å²) in [5.74, 6) is -0.504. The van der Waals surface area contributed by atoms with Gasteiger partial charge in [-0.05, 0) is 30.7 Å². The van der Waals surface area contributed by atoms with E-state index in [0.29, 0.717) is 11.3 Å². The monoisotopic (exact) mass is 310 g/mol. The standard InChI is InChI=1S/C18H18N2O3/c1-13-6-5-7-14(12-13)10-11-19-18(22)20-16-9-4-3-8-15(16)17(21)23-2/h3-12H,1-2H3,(H2,19,20,22)/b11-10+. The number of hydrogen-bond acceptors (Lipinski definition) is 3. The van der Waals surface area contributed by atoms with Crippen molar-refractivity contribution in [3.63, 3.8) is 0 Å². The lowest BCUT2D eigenvalue weighted by atomic mass is 10.1. The Morgan fingerprint density at radius 1 is 1.09 bits per heavy atom. The van der Waals surface area contributed by atoms with Gasteiger partial charge in [0.2, 0.25) is 0 Å². The van der Waals surface area contributed by atoms with Gasteiger partial charge in [0.25, 0.3) is 0 Å². The summed E-state index contributed by atoms with van der Waals surface area (Å²) in [4.78, 5) is 23.5. The maximum absolute atomic E-state index is 11.9. The molecule has 0 radical (unpaired) electrons. The Morgan fingerprint density at radius 2 is 1.87 bits per heavy atom. The summed E-state index contributed by atoms with van der Waals surface area (Å²) in [7, 11) is 1.30. The van der Waals surface area contributed by atoms with Crippen LogP contribution in [-0.2, 0) is 4.74 Å². The first-order chi connectivity index (χ1) is 11.1. The van der Waals surface area contributed by atoms with Crippen molar-refractivity contribution in [2.75, 3.05) is 12.4 Å². The fourth-order valence-electron chi connectivity index (χ4n) is 2.03. The lowest BCUT2D eigenvalue weighted by Crippen LogP contribution is -2.25. The predicted octanol–water partition coefficient (Wildman–Crippen LogP) is 3.57. The van der Waals surface area contributed by atoms with Crippen LogP contribution in [0.15, 0.2) is 54.7 Å². The minimum Gasteiger partial charge on any atom is -0.465 e. The Kier molecular flexibility index (Phi) is 5.52. The van der Waals surface area contributed by atoms with Gasteiger partial charge in [0.05, 0.1) is 18.4 Å². The summed E-state index contributed by atoms with van der Waals surface area (Å²) < 4.78 is 4.68. The van der Waals surface area contributed by atoms with Gasteiger partial charge >= 0.3 is 12.0 Å². The van der Waals surface area contributed by atoms with Gasteiger partial charge in [0, 0.05) is 6.20 Å². The first-order valence-electron chi connectivity index (χ1n) is 7.08. The van der Waals surface area contributed by atoms with Gasteiger partial charge in [0.15, 0.2) is 0 Å². The number of anilines is 1. The number of para-hydroxylation sites is 1. The van der Waals surface area contributed by atoms with Crippen molar-refractivity contribution < 1.29 is 14.3 Å². The molecule has 0 aliphatic carbocycles. The molecule has 0 aliphatic rings. The molecule has 0 unspecified atom stereocenters. The van der Waals surface area contributed by atoms with Crippen molar-refractivity contribution in [1.82, 2.24) is 5.32 Å². The summed E-state index contributed by atoms with van der Waals surface area (Å²) in [6.07, 6.45) is 3.34. The molecule has 0 fully saturated rings. The van der Waals surface area contributed by atoms with Gasteiger partial charge < -0.3 is 15.4 Å². The first-order valence-corrected chi connectivity index (χ1v) is 7.08. The molecular formula is C18H18N2O3. The quantitative estimate of drug-likeness (QED) is 0.848. The van der Waals surface area contributed by atoms with Crippen molar-refractivity contribution in [1.29, 1.82) is 0 Å². The molecule has 5 nitrogen and oxygen atoms in total. The maximum atomic E-state index is 11.9. The van der Waals surface area contributed by atoms with E-state index in [0.717, 1.165) is 11.1 Å². The number of nitrogens with one attached hydrogen (secondary N) is 2. The van der Waals surface area contributed by atoms with Crippen LogP contribution < -0.4 is 10.6 Å². The molecule has 5 heteroatoms. The lowest BCUT2D eigenvalue weighted by molar-refractivity contribution is 0.0602. The summed E-state index contributed by atoms with van der Waals surface area (Å²) in [6, 6.07) is 14.1. The number of urea groups is 1. The molecule has 118 valence electrons. The third-order valence-corrected chi connectivity index (χ3v) is 3.11. The highest BCUT2D eigenvalue weighted by Crippen LogP contribution is 2.15. The van der Waals surface area contributed by atoms with E-state index in [1.54, 1.807) is 36.5 Å². The zero-order valence-electron chi connectivity index (χ0n) is 13.0. The highest BCUT2D eigenvalue weighted by atomic mass is 16.5. The van der Waals surface area contributed by atoms with Crippen molar-refractivity contribution in [2.45, 2.75) is 6.92 Å². The van der Waals surface area contributed by atoms with Crippen LogP contribution in [0.1, 0.15) is 21.5 Å². The van der Waals surface area contributed by atoms with Crippen LogP contribution in [0.5, 0.6) is 0 Å². The van der Waals surface area contributed by atoms with Crippen LogP contribution in [-0.4, -0.2) is 19.1 Å². The van der Waals surface area contributed by atoms with E-state index in [1.807, 2.05) is 31.2 Å². The molecule has 0 atom stereocenters. The molecule has 0 saturated carbocycles. The molecule has 0 saturated heterocycles. The van der Waals surface area contributed by atoms with Gasteiger partial charge in [0.1, 0.15) is 0 Å². The predicted molar refractivity (Wildman–Crippen MR) is 90.1 cm³/mol. The van der Waals surface area contributed by atoms with E-state index in [9.17, 15) is 9.59 Å². The number of carbonyl (C=O) groups excluding carboxylic acids is 2. The van der Waals surface area contributed by atoms with Gasteiger partial charge in [-0.25, -0.2) is 9.59 Å². The Bertz CT molecular complexity index is 739. The van der Waals surface area contributed by atoms with E-state index in [4.69, 9.17) is 0 Å². The Balaban J connectivity index is 1.99. The number of carbonyl (C=O) groups is 2. The number of aryl methyl sites for hydroxylation is 1. The van der Waals surface area contributed by atoms with Gasteiger partial charge in [-0.2, -0.15) is 0 Å². The van der Waals surface area contributed by atoms with E-state index in [2.05, 4.69) is 15.4 Å². The first kappa shape index (κ1) is 16.3. The van der Waals surface area contributed by atoms with Crippen molar-refractivity contribution >= 4 is 23.8 Å². The molecule has 2 aromatic rings. The van der Waals surface area contributed by atoms with E-state index in [-0.39, 0.29) is 0 Å². The maximum Gasteiger partial charge on any atom is 0.339 e. The number of amides is 2. The molecule has 0 bridgehead atoms. The number of benzene rings is 2. The largest absolute Gasteiger partial charge is 0.465 e. The van der Waals surface area contributed by atoms with Crippen LogP contribution >= 0.6 is 0 Å². The van der Waals surface area contributed by atoms with Crippen molar-refractivity contribution in [2.24, 2.45) is 0 Å². The molecule has 0 aromatic heterocycles. The number of hydrogen-bond donors (Lipinski definition) is 2. The molecule has 0 spiro atoms. The molecule has 2 amide bonds. The molecule has 23 heavy (non-hydrogen) atoms. The van der Waals surface area contributed by atoms with Crippen LogP contribution in [0.2, 0.25) is 0 Å². The minimum absolute atomic E-state index is 0.299. The highest BCUT2D eigenvalue weighted by molar-refractivity contribution is 6.01. The normalized spacial score (nSPS) is 10.3. The zero-order valence-corrected chi connectivity index (χ0v) is 13.0. The SMILES string of the molecule is COC(=O)c1ccccc1NC(=O)N/C=C/c1cccc(C)c1. The van der Waals surface area contributed by atoms with E-state index >= 15 is 0 Å². The fourth-order valence-corrected chi connectivity index (χ4v) is 2.03. The second-order valence-electron chi connectivity index (χ2n) is 4.88. The summed E-state index contributed by atoms with van der Waals surface area (Å²) >= 11 is 0. The van der Waals surface area contributed by atoms with Crippen LogP contribution in [0, 0.1) is 6.92 Å². The van der Waals surface area contributed by atoms with Gasteiger partial charge in [-0.15, -0.1) is 0 Å². The minimum atomic E-state index is -0.504. The molecule has 2 aromatic carbocycles. The van der Waals surface area contributed by atoms with Gasteiger partial charge in [-0.3, -0.25) is 0 Å². The average Bonchev–Trinajstić information content (AvgIpc) is 2.55. The topological polar surface area (TPSA) is 67.4 Å². The molecule has 2 rings (SSSR count). The Hall–Kier alpha value is -3.08. The van der Waals surface area contributed by atoms with Crippen LogP contribution in [0.3, 0.4) is 0 Å². The number of ether oxygens (including phenoxy) is 1. The third kappa shape index (κ3) is 4.71. The van der Waals surface area contributed by atoms with Crippen molar-refractivity contribution in [3.8, 4) is 0 Å². The summed E-state index contributed by atoms with van der Waals surface area (Å²) in [5.41, 5.74) is 2.82. The Labute approximate surface area is 135 Å². The number of rotatable bonds is 4. The summed E-state index contributed by atoms with van der Waals surface area (Å²) in [6.45, 7) is 2.00. The molecule has 0 aliphatic heterocycles.